The number of carboxylic acid groups (broad SMARTS) is 1. The van der Waals surface area contributed by atoms with Crippen LogP contribution in [-0.2, 0) is 4.79 Å². The van der Waals surface area contributed by atoms with Crippen LogP contribution in [0.4, 0.5) is 0 Å². The van der Waals surface area contributed by atoms with E-state index in [9.17, 15) is 4.79 Å². The van der Waals surface area contributed by atoms with Gasteiger partial charge in [0.1, 0.15) is 0 Å². The van der Waals surface area contributed by atoms with E-state index in [2.05, 4.69) is 0 Å². The molecule has 0 aromatic carbocycles. The zero-order valence-corrected chi connectivity index (χ0v) is 5.61. The second-order valence-electron chi connectivity index (χ2n) is 1.35. The Balaban J connectivity index is 3.24. The van der Waals surface area contributed by atoms with Crippen molar-refractivity contribution in [2.45, 2.75) is 11.8 Å². The van der Waals surface area contributed by atoms with Gasteiger partial charge in [-0.25, -0.2) is 0 Å². The summed E-state index contributed by atoms with van der Waals surface area (Å²) < 4.78 is 0. The van der Waals surface area contributed by atoms with Crippen molar-refractivity contribution in [1.82, 2.24) is 0 Å². The Bertz CT molecular complexity index is 84.1. The van der Waals surface area contributed by atoms with Gasteiger partial charge in [0.25, 0.3) is 0 Å². The molecule has 2 nitrogen and oxygen atoms in total. The van der Waals surface area contributed by atoms with Gasteiger partial charge in [-0.2, -0.15) is 0 Å². The summed E-state index contributed by atoms with van der Waals surface area (Å²) in [6.45, 7) is 0. The van der Waals surface area contributed by atoms with Crippen molar-refractivity contribution in [3.8, 4) is 0 Å². The van der Waals surface area contributed by atoms with Crippen molar-refractivity contribution in [1.29, 1.82) is 0 Å². The fraction of sp³-hybridized carbons (Fsp3) is 0.750. The number of halogens is 2. The molecule has 0 aliphatic carbocycles. The third-order valence-electron chi connectivity index (χ3n) is 0.564. The fourth-order valence-electron chi connectivity index (χ4n) is 0.244. The van der Waals surface area contributed by atoms with E-state index in [1.54, 1.807) is 0 Å². The first kappa shape index (κ1) is 8.05. The lowest BCUT2D eigenvalue weighted by atomic mass is 10.3. The minimum atomic E-state index is -0.911. The zero-order valence-electron chi connectivity index (χ0n) is 4.10. The summed E-state index contributed by atoms with van der Waals surface area (Å²) in [5, 5.41) is 7.64. The number of hydrogen-bond donors (Lipinski definition) is 1. The fourth-order valence-corrected chi connectivity index (χ4v) is 0.485. The molecular formula is C4H6Cl2O2. The smallest absolute Gasteiger partial charge is 0.304 e. The van der Waals surface area contributed by atoms with E-state index in [-0.39, 0.29) is 12.3 Å². The summed E-state index contributed by atoms with van der Waals surface area (Å²) in [5.74, 6) is -0.723. The van der Waals surface area contributed by atoms with Gasteiger partial charge in [-0.05, 0) is 0 Å². The van der Waals surface area contributed by atoms with Gasteiger partial charge in [-0.3, -0.25) is 4.79 Å². The van der Waals surface area contributed by atoms with E-state index in [0.717, 1.165) is 0 Å². The molecule has 4 heteroatoms. The molecule has 0 bridgehead atoms. The third-order valence-corrected chi connectivity index (χ3v) is 1.40. The summed E-state index contributed by atoms with van der Waals surface area (Å²) in [6, 6.07) is 0. The largest absolute Gasteiger partial charge is 0.481 e. The highest BCUT2D eigenvalue weighted by Gasteiger charge is 2.06. The predicted molar refractivity (Wildman–Crippen MR) is 32.6 cm³/mol. The van der Waals surface area contributed by atoms with Gasteiger partial charge in [0.05, 0.1) is 11.8 Å². The Kier molecular flexibility index (Phi) is 4.01. The summed E-state index contributed by atoms with van der Waals surface area (Å²) in [5.41, 5.74) is 0. The predicted octanol–water partition coefficient (Wildman–Crippen LogP) is 1.31. The maximum absolute atomic E-state index is 9.83. The molecule has 1 N–H and O–H groups in total. The zero-order chi connectivity index (χ0) is 6.57. The average Bonchev–Trinajstić information content (AvgIpc) is 1.65. The van der Waals surface area contributed by atoms with Crippen molar-refractivity contribution < 1.29 is 9.90 Å². The standard InChI is InChI=1S/C4H6Cl2O2/c5-2-3(6)1-4(7)8/h3H,1-2H2,(H,7,8)/t3-/m0/s1. The molecule has 48 valence electrons. The van der Waals surface area contributed by atoms with Gasteiger partial charge in [0, 0.05) is 5.88 Å². The van der Waals surface area contributed by atoms with Gasteiger partial charge in [0.15, 0.2) is 0 Å². The molecule has 0 fully saturated rings. The average molecular weight is 157 g/mol. The Morgan fingerprint density at radius 3 is 2.38 bits per heavy atom. The van der Waals surface area contributed by atoms with Crippen LogP contribution >= 0.6 is 23.2 Å². The highest BCUT2D eigenvalue weighted by molar-refractivity contribution is 6.28. The molecular weight excluding hydrogens is 151 g/mol. The molecule has 0 aromatic rings. The Labute approximate surface area is 57.4 Å². The number of alkyl halides is 2. The van der Waals surface area contributed by atoms with Crippen molar-refractivity contribution in [3.05, 3.63) is 0 Å². The normalized spacial score (nSPS) is 13.2. The highest BCUT2D eigenvalue weighted by Crippen LogP contribution is 2.02. The molecule has 0 aromatic heterocycles. The van der Waals surface area contributed by atoms with E-state index in [1.165, 1.54) is 0 Å². The first-order valence-corrected chi connectivity index (χ1v) is 3.05. The minimum absolute atomic E-state index is 0.0644. The number of carboxylic acids is 1. The lowest BCUT2D eigenvalue weighted by Crippen LogP contribution is -2.07. The molecule has 0 unspecified atom stereocenters. The van der Waals surface area contributed by atoms with Crippen LogP contribution in [0.25, 0.3) is 0 Å². The summed E-state index contributed by atoms with van der Waals surface area (Å²) in [4.78, 5) is 9.83. The van der Waals surface area contributed by atoms with Crippen LogP contribution in [-0.4, -0.2) is 22.3 Å². The quantitative estimate of drug-likeness (QED) is 0.627. The Hall–Kier alpha value is 0.0500. The first-order valence-electron chi connectivity index (χ1n) is 2.08. The molecule has 0 rings (SSSR count). The molecule has 0 aliphatic rings. The van der Waals surface area contributed by atoms with Crippen LogP contribution in [0.2, 0.25) is 0 Å². The molecule has 0 radical (unpaired) electrons. The second-order valence-corrected chi connectivity index (χ2v) is 2.28. The maximum atomic E-state index is 9.83. The van der Waals surface area contributed by atoms with E-state index >= 15 is 0 Å². The molecule has 0 saturated carbocycles. The van der Waals surface area contributed by atoms with Crippen LogP contribution in [0.1, 0.15) is 6.42 Å². The topological polar surface area (TPSA) is 37.3 Å². The van der Waals surface area contributed by atoms with Crippen molar-refractivity contribution in [2.24, 2.45) is 0 Å². The second kappa shape index (κ2) is 3.98. The van der Waals surface area contributed by atoms with E-state index in [4.69, 9.17) is 28.3 Å². The summed E-state index contributed by atoms with van der Waals surface area (Å²) in [6.07, 6.45) is -0.0644. The summed E-state index contributed by atoms with van der Waals surface area (Å²) in [7, 11) is 0. The molecule has 1 atom stereocenters. The van der Waals surface area contributed by atoms with Crippen LogP contribution < -0.4 is 0 Å². The van der Waals surface area contributed by atoms with Crippen molar-refractivity contribution >= 4 is 29.2 Å². The summed E-state index contributed by atoms with van der Waals surface area (Å²) >= 11 is 10.5. The number of aliphatic carboxylic acids is 1. The van der Waals surface area contributed by atoms with Gasteiger partial charge < -0.3 is 5.11 Å². The molecule has 0 spiro atoms. The van der Waals surface area contributed by atoms with Crippen molar-refractivity contribution in [3.63, 3.8) is 0 Å². The van der Waals surface area contributed by atoms with E-state index in [0.29, 0.717) is 0 Å². The van der Waals surface area contributed by atoms with Gasteiger partial charge in [-0.15, -0.1) is 23.2 Å². The van der Waals surface area contributed by atoms with Crippen LogP contribution in [0.3, 0.4) is 0 Å². The minimum Gasteiger partial charge on any atom is -0.481 e. The monoisotopic (exact) mass is 156 g/mol. The highest BCUT2D eigenvalue weighted by atomic mass is 35.5. The number of carbonyl (C=O) groups is 1. The molecule has 0 aliphatic heterocycles. The SMILES string of the molecule is O=C(O)C[C@H](Cl)CCl. The number of hydrogen-bond acceptors (Lipinski definition) is 1. The molecule has 0 saturated heterocycles. The van der Waals surface area contributed by atoms with E-state index < -0.39 is 11.3 Å². The van der Waals surface area contributed by atoms with Gasteiger partial charge in [-0.1, -0.05) is 0 Å². The van der Waals surface area contributed by atoms with Crippen LogP contribution in [0.15, 0.2) is 0 Å². The number of rotatable bonds is 3. The first-order chi connectivity index (χ1) is 3.66. The third kappa shape index (κ3) is 4.22. The van der Waals surface area contributed by atoms with E-state index in [1.807, 2.05) is 0 Å². The Morgan fingerprint density at radius 1 is 1.75 bits per heavy atom. The van der Waals surface area contributed by atoms with Crippen LogP contribution in [0, 0.1) is 0 Å². The van der Waals surface area contributed by atoms with Crippen molar-refractivity contribution in [2.75, 3.05) is 5.88 Å². The molecule has 0 heterocycles. The molecule has 0 amide bonds. The maximum Gasteiger partial charge on any atom is 0.304 e. The Morgan fingerprint density at radius 2 is 2.25 bits per heavy atom. The lowest BCUT2D eigenvalue weighted by Gasteiger charge is -1.96. The van der Waals surface area contributed by atoms with Crippen LogP contribution in [0.5, 0.6) is 0 Å². The van der Waals surface area contributed by atoms with Gasteiger partial charge >= 0.3 is 5.97 Å². The lowest BCUT2D eigenvalue weighted by molar-refractivity contribution is -0.136. The molecule has 8 heavy (non-hydrogen) atoms. The van der Waals surface area contributed by atoms with Gasteiger partial charge in [0.2, 0.25) is 0 Å².